The molecule has 0 amide bonds. The number of nitrogens with zero attached hydrogens (tertiary/aromatic N) is 1. The SMILES string of the molecule is Cc1cccc(-n2c(=S)[nH]c3cc(I)ccc32)c1C. The first kappa shape index (κ1) is 12.9. The van der Waals surface area contributed by atoms with Crippen molar-refractivity contribution in [3.63, 3.8) is 0 Å². The van der Waals surface area contributed by atoms with Crippen LogP contribution in [0.4, 0.5) is 0 Å². The number of benzene rings is 2. The summed E-state index contributed by atoms with van der Waals surface area (Å²) in [4.78, 5) is 3.29. The van der Waals surface area contributed by atoms with Gasteiger partial charge < -0.3 is 4.98 Å². The second-order valence-corrected chi connectivity index (χ2v) is 6.28. The Morgan fingerprint density at radius 3 is 2.74 bits per heavy atom. The van der Waals surface area contributed by atoms with Crippen molar-refractivity contribution in [1.82, 2.24) is 9.55 Å². The van der Waals surface area contributed by atoms with Gasteiger partial charge in [0.15, 0.2) is 4.77 Å². The van der Waals surface area contributed by atoms with Crippen molar-refractivity contribution >= 4 is 45.8 Å². The van der Waals surface area contributed by atoms with Crippen molar-refractivity contribution in [2.24, 2.45) is 0 Å². The van der Waals surface area contributed by atoms with E-state index in [1.165, 1.54) is 14.7 Å². The van der Waals surface area contributed by atoms with E-state index in [-0.39, 0.29) is 0 Å². The van der Waals surface area contributed by atoms with Crippen LogP contribution in [-0.4, -0.2) is 9.55 Å². The second-order valence-electron chi connectivity index (χ2n) is 4.65. The first-order valence-electron chi connectivity index (χ1n) is 6.05. The molecule has 4 heteroatoms. The van der Waals surface area contributed by atoms with Crippen molar-refractivity contribution in [3.8, 4) is 5.69 Å². The van der Waals surface area contributed by atoms with E-state index >= 15 is 0 Å². The lowest BCUT2D eigenvalue weighted by Crippen LogP contribution is -1.98. The summed E-state index contributed by atoms with van der Waals surface area (Å²) in [7, 11) is 0. The normalized spacial score (nSPS) is 11.1. The molecule has 3 rings (SSSR count). The molecule has 0 saturated heterocycles. The molecule has 2 aromatic carbocycles. The third kappa shape index (κ3) is 2.12. The minimum Gasteiger partial charge on any atom is -0.330 e. The largest absolute Gasteiger partial charge is 0.330 e. The number of imidazole rings is 1. The van der Waals surface area contributed by atoms with Crippen LogP contribution >= 0.6 is 34.8 Å². The van der Waals surface area contributed by atoms with Gasteiger partial charge in [-0.15, -0.1) is 0 Å². The van der Waals surface area contributed by atoms with Gasteiger partial charge in [0, 0.05) is 3.57 Å². The minimum absolute atomic E-state index is 0.741. The lowest BCUT2D eigenvalue weighted by Gasteiger charge is -2.10. The molecule has 1 N–H and O–H groups in total. The highest BCUT2D eigenvalue weighted by atomic mass is 127. The van der Waals surface area contributed by atoms with Crippen LogP contribution in [0.2, 0.25) is 0 Å². The maximum atomic E-state index is 5.49. The first-order valence-corrected chi connectivity index (χ1v) is 7.53. The van der Waals surface area contributed by atoms with Crippen LogP contribution in [0.5, 0.6) is 0 Å². The summed E-state index contributed by atoms with van der Waals surface area (Å²) in [6.07, 6.45) is 0. The topological polar surface area (TPSA) is 20.7 Å². The summed E-state index contributed by atoms with van der Waals surface area (Å²) >= 11 is 7.80. The van der Waals surface area contributed by atoms with Gasteiger partial charge in [-0.25, -0.2) is 0 Å². The third-order valence-electron chi connectivity index (χ3n) is 3.46. The average Bonchev–Trinajstić information content (AvgIpc) is 2.68. The molecule has 0 aliphatic carbocycles. The average molecular weight is 380 g/mol. The van der Waals surface area contributed by atoms with Crippen molar-refractivity contribution in [3.05, 3.63) is 55.9 Å². The predicted molar refractivity (Wildman–Crippen MR) is 90.7 cm³/mol. The minimum atomic E-state index is 0.741. The summed E-state index contributed by atoms with van der Waals surface area (Å²) in [5, 5.41) is 0. The van der Waals surface area contributed by atoms with Gasteiger partial charge in [-0.3, -0.25) is 4.57 Å². The number of aromatic amines is 1. The van der Waals surface area contributed by atoms with E-state index in [9.17, 15) is 0 Å². The fourth-order valence-corrected chi connectivity index (χ4v) is 3.10. The Morgan fingerprint density at radius 2 is 1.95 bits per heavy atom. The maximum Gasteiger partial charge on any atom is 0.182 e. The van der Waals surface area contributed by atoms with Crippen LogP contribution in [0.15, 0.2) is 36.4 Å². The van der Waals surface area contributed by atoms with Gasteiger partial charge in [0.05, 0.1) is 16.7 Å². The van der Waals surface area contributed by atoms with Gasteiger partial charge in [0.1, 0.15) is 0 Å². The van der Waals surface area contributed by atoms with Crippen LogP contribution < -0.4 is 0 Å². The molecule has 0 saturated carbocycles. The number of halogens is 1. The zero-order valence-electron chi connectivity index (χ0n) is 10.7. The van der Waals surface area contributed by atoms with Crippen molar-refractivity contribution < 1.29 is 0 Å². The molecule has 3 aromatic rings. The Bertz CT molecular complexity index is 830. The number of aryl methyl sites for hydroxylation is 1. The van der Waals surface area contributed by atoms with Gasteiger partial charge in [-0.2, -0.15) is 0 Å². The van der Waals surface area contributed by atoms with Crippen molar-refractivity contribution in [2.45, 2.75) is 13.8 Å². The quantitative estimate of drug-likeness (QED) is 0.470. The van der Waals surface area contributed by atoms with Crippen molar-refractivity contribution in [2.75, 3.05) is 0 Å². The molecule has 0 bridgehead atoms. The van der Waals surface area contributed by atoms with Crippen LogP contribution in [0.3, 0.4) is 0 Å². The van der Waals surface area contributed by atoms with Gasteiger partial charge >= 0.3 is 0 Å². The summed E-state index contributed by atoms with van der Waals surface area (Å²) < 4.78 is 4.06. The number of hydrogen-bond donors (Lipinski definition) is 1. The van der Waals surface area contributed by atoms with E-state index in [1.807, 2.05) is 0 Å². The number of hydrogen-bond acceptors (Lipinski definition) is 1. The summed E-state index contributed by atoms with van der Waals surface area (Å²) in [5.74, 6) is 0. The molecule has 19 heavy (non-hydrogen) atoms. The number of H-pyrrole nitrogens is 1. The molecule has 0 unspecified atom stereocenters. The van der Waals surface area contributed by atoms with Crippen LogP contribution in [0.1, 0.15) is 11.1 Å². The molecule has 0 atom stereocenters. The Morgan fingerprint density at radius 1 is 1.16 bits per heavy atom. The van der Waals surface area contributed by atoms with E-state index in [2.05, 4.69) is 82.4 Å². The van der Waals surface area contributed by atoms with E-state index in [4.69, 9.17) is 12.2 Å². The predicted octanol–water partition coefficient (Wildman–Crippen LogP) is 4.91. The Balaban J connectivity index is 2.40. The van der Waals surface area contributed by atoms with Crippen LogP contribution in [0, 0.1) is 22.2 Å². The highest BCUT2D eigenvalue weighted by Crippen LogP contribution is 2.24. The standard InChI is InChI=1S/C15H13IN2S/c1-9-4-3-5-13(10(9)2)18-14-7-6-11(16)8-12(14)17-15(18)19/h3-8H,1-2H3,(H,17,19). The van der Waals surface area contributed by atoms with Crippen LogP contribution in [-0.2, 0) is 0 Å². The Hall–Kier alpha value is -1.14. The van der Waals surface area contributed by atoms with Crippen molar-refractivity contribution in [1.29, 1.82) is 0 Å². The fourth-order valence-electron chi connectivity index (χ4n) is 2.30. The number of nitrogens with one attached hydrogen (secondary N) is 1. The molecule has 0 aliphatic rings. The molecule has 1 heterocycles. The molecule has 0 spiro atoms. The lowest BCUT2D eigenvalue weighted by molar-refractivity contribution is 1.04. The zero-order valence-corrected chi connectivity index (χ0v) is 13.7. The Labute approximate surface area is 130 Å². The molecule has 0 fully saturated rings. The smallest absolute Gasteiger partial charge is 0.182 e. The molecular formula is C15H13IN2S. The third-order valence-corrected chi connectivity index (χ3v) is 4.42. The van der Waals surface area contributed by atoms with Gasteiger partial charge in [-0.1, -0.05) is 12.1 Å². The molecule has 1 aromatic heterocycles. The molecule has 0 radical (unpaired) electrons. The Kier molecular flexibility index (Phi) is 3.22. The fraction of sp³-hybridized carbons (Fsp3) is 0.133. The molecule has 96 valence electrons. The maximum absolute atomic E-state index is 5.49. The highest BCUT2D eigenvalue weighted by molar-refractivity contribution is 14.1. The second kappa shape index (κ2) is 4.76. The summed E-state index contributed by atoms with van der Waals surface area (Å²) in [6.45, 7) is 4.26. The lowest BCUT2D eigenvalue weighted by atomic mass is 10.1. The first-order chi connectivity index (χ1) is 9.08. The number of aromatic nitrogens is 2. The van der Waals surface area contributed by atoms with Crippen LogP contribution in [0.25, 0.3) is 16.7 Å². The summed E-state index contributed by atoms with van der Waals surface area (Å²) in [5.41, 5.74) is 5.90. The van der Waals surface area contributed by atoms with E-state index in [0.717, 1.165) is 21.5 Å². The number of rotatable bonds is 1. The molecule has 0 aliphatic heterocycles. The van der Waals surface area contributed by atoms with E-state index in [1.54, 1.807) is 0 Å². The van der Waals surface area contributed by atoms with Gasteiger partial charge in [-0.05, 0) is 84.0 Å². The number of fused-ring (bicyclic) bond motifs is 1. The molecular weight excluding hydrogens is 367 g/mol. The highest BCUT2D eigenvalue weighted by Gasteiger charge is 2.09. The van der Waals surface area contributed by atoms with Gasteiger partial charge in [0.2, 0.25) is 0 Å². The zero-order chi connectivity index (χ0) is 13.6. The van der Waals surface area contributed by atoms with Gasteiger partial charge in [0.25, 0.3) is 0 Å². The van der Waals surface area contributed by atoms with E-state index < -0.39 is 0 Å². The molecule has 2 nitrogen and oxygen atoms in total. The summed E-state index contributed by atoms with van der Waals surface area (Å²) in [6, 6.07) is 12.7. The van der Waals surface area contributed by atoms with E-state index in [0.29, 0.717) is 0 Å². The monoisotopic (exact) mass is 380 g/mol.